The fourth-order valence-corrected chi connectivity index (χ4v) is 2.80. The van der Waals surface area contributed by atoms with Gasteiger partial charge in [-0.15, -0.1) is 0 Å². The van der Waals surface area contributed by atoms with E-state index in [-0.39, 0.29) is 18.7 Å². The Kier molecular flexibility index (Phi) is 6.14. The van der Waals surface area contributed by atoms with Gasteiger partial charge >= 0.3 is 12.1 Å². The summed E-state index contributed by atoms with van der Waals surface area (Å²) in [6.07, 6.45) is -3.61. The second-order valence-electron chi connectivity index (χ2n) is 6.53. The summed E-state index contributed by atoms with van der Waals surface area (Å²) in [5.41, 5.74) is 0.325. The summed E-state index contributed by atoms with van der Waals surface area (Å²) >= 11 is 0. The minimum atomic E-state index is -5.18. The Morgan fingerprint density at radius 2 is 1.81 bits per heavy atom. The lowest BCUT2D eigenvalue weighted by Crippen LogP contribution is -2.30. The number of hydrogen-bond acceptors (Lipinski definition) is 5. The van der Waals surface area contributed by atoms with Gasteiger partial charge in [0.05, 0.1) is 22.3 Å². The van der Waals surface area contributed by atoms with Crippen LogP contribution in [-0.4, -0.2) is 27.9 Å². The van der Waals surface area contributed by atoms with E-state index in [4.69, 9.17) is 0 Å². The summed E-state index contributed by atoms with van der Waals surface area (Å²) in [6, 6.07) is 12.4. The molecule has 0 unspecified atom stereocenters. The first-order chi connectivity index (χ1) is 14.6. The number of nitro groups is 1. The Hall–Kier alpha value is -4.02. The SMILES string of the molecule is O=C(CCc1ccc(NC(=O)C(F)(F)F)c([N+](=O)[O-])c1)Nc1cnc2ccccc2c1. The molecule has 0 spiro atoms. The second-order valence-corrected chi connectivity index (χ2v) is 6.53. The molecule has 160 valence electrons. The molecule has 0 fully saturated rings. The molecule has 11 heteroatoms. The summed E-state index contributed by atoms with van der Waals surface area (Å²) in [5.74, 6) is -2.68. The lowest BCUT2D eigenvalue weighted by molar-refractivity contribution is -0.384. The van der Waals surface area contributed by atoms with Crippen LogP contribution < -0.4 is 10.6 Å². The van der Waals surface area contributed by atoms with Gasteiger partial charge in [-0.2, -0.15) is 13.2 Å². The topological polar surface area (TPSA) is 114 Å². The number of nitrogens with zero attached hydrogens (tertiary/aromatic N) is 2. The van der Waals surface area contributed by atoms with Crippen molar-refractivity contribution in [1.29, 1.82) is 0 Å². The number of para-hydroxylation sites is 1. The summed E-state index contributed by atoms with van der Waals surface area (Å²) < 4.78 is 37.2. The third kappa shape index (κ3) is 5.53. The number of benzene rings is 2. The van der Waals surface area contributed by atoms with Crippen molar-refractivity contribution < 1.29 is 27.7 Å². The van der Waals surface area contributed by atoms with Crippen molar-refractivity contribution in [2.75, 3.05) is 10.6 Å². The second kappa shape index (κ2) is 8.78. The van der Waals surface area contributed by atoms with Gasteiger partial charge in [-0.3, -0.25) is 24.7 Å². The van der Waals surface area contributed by atoms with Crippen LogP contribution in [0.4, 0.5) is 30.2 Å². The average Bonchev–Trinajstić information content (AvgIpc) is 2.72. The van der Waals surface area contributed by atoms with E-state index >= 15 is 0 Å². The number of anilines is 2. The molecule has 3 aromatic rings. The largest absolute Gasteiger partial charge is 0.471 e. The van der Waals surface area contributed by atoms with Gasteiger partial charge in [-0.25, -0.2) is 0 Å². The summed E-state index contributed by atoms with van der Waals surface area (Å²) in [7, 11) is 0. The molecule has 0 radical (unpaired) electrons. The number of aromatic nitrogens is 1. The Labute approximate surface area is 173 Å². The van der Waals surface area contributed by atoms with E-state index in [0.29, 0.717) is 11.3 Å². The highest BCUT2D eigenvalue weighted by molar-refractivity contribution is 5.97. The maximum atomic E-state index is 12.4. The number of hydrogen-bond donors (Lipinski definition) is 2. The van der Waals surface area contributed by atoms with E-state index in [1.807, 2.05) is 24.3 Å². The van der Waals surface area contributed by atoms with Gasteiger partial charge in [0.25, 0.3) is 5.69 Å². The van der Waals surface area contributed by atoms with Crippen LogP contribution in [0.5, 0.6) is 0 Å². The molecule has 0 aliphatic heterocycles. The van der Waals surface area contributed by atoms with E-state index in [2.05, 4.69) is 10.3 Å². The molecule has 0 aliphatic carbocycles. The number of nitrogens with one attached hydrogen (secondary N) is 2. The Morgan fingerprint density at radius 1 is 1.06 bits per heavy atom. The molecule has 31 heavy (non-hydrogen) atoms. The molecule has 2 aromatic carbocycles. The number of nitro benzene ring substituents is 1. The fourth-order valence-electron chi connectivity index (χ4n) is 2.80. The summed E-state index contributed by atoms with van der Waals surface area (Å²) in [6.45, 7) is 0. The number of fused-ring (bicyclic) bond motifs is 1. The van der Waals surface area contributed by atoms with Crippen LogP contribution in [0.2, 0.25) is 0 Å². The molecule has 3 rings (SSSR count). The van der Waals surface area contributed by atoms with E-state index in [9.17, 15) is 32.9 Å². The monoisotopic (exact) mass is 432 g/mol. The van der Waals surface area contributed by atoms with Crippen LogP contribution >= 0.6 is 0 Å². The van der Waals surface area contributed by atoms with Crippen LogP contribution in [-0.2, 0) is 16.0 Å². The maximum Gasteiger partial charge on any atom is 0.471 e. The molecular weight excluding hydrogens is 417 g/mol. The molecule has 8 nitrogen and oxygen atoms in total. The molecule has 1 heterocycles. The van der Waals surface area contributed by atoms with Crippen molar-refractivity contribution >= 4 is 39.8 Å². The number of alkyl halides is 3. The van der Waals surface area contributed by atoms with Crippen LogP contribution in [0, 0.1) is 10.1 Å². The quantitative estimate of drug-likeness (QED) is 0.447. The standard InChI is InChI=1S/C20H15F3N4O4/c21-20(22,23)19(29)26-16-7-5-12(9-17(16)27(30)31)6-8-18(28)25-14-10-13-3-1-2-4-15(13)24-11-14/h1-5,7,9-11H,6,8H2,(H,25,28)(H,26,29). The fraction of sp³-hybridized carbons (Fsp3) is 0.150. The normalized spacial score (nSPS) is 11.2. The lowest BCUT2D eigenvalue weighted by Gasteiger charge is -2.10. The minimum Gasteiger partial charge on any atom is -0.325 e. The Bertz CT molecular complexity index is 1160. The summed E-state index contributed by atoms with van der Waals surface area (Å²) in [4.78, 5) is 37.8. The lowest BCUT2D eigenvalue weighted by atomic mass is 10.1. The van der Waals surface area contributed by atoms with Gasteiger partial charge in [-0.1, -0.05) is 24.3 Å². The van der Waals surface area contributed by atoms with Crippen LogP contribution in [0.25, 0.3) is 10.9 Å². The van der Waals surface area contributed by atoms with E-state index in [0.717, 1.165) is 23.0 Å². The molecule has 2 amide bonds. The first-order valence-electron chi connectivity index (χ1n) is 8.93. The number of pyridine rings is 1. The number of carbonyl (C=O) groups excluding carboxylic acids is 2. The number of aryl methyl sites for hydroxylation is 1. The predicted molar refractivity (Wildman–Crippen MR) is 106 cm³/mol. The number of carbonyl (C=O) groups is 2. The zero-order valence-corrected chi connectivity index (χ0v) is 15.8. The maximum absolute atomic E-state index is 12.4. The van der Waals surface area contributed by atoms with Crippen molar-refractivity contribution in [3.63, 3.8) is 0 Å². The molecule has 0 atom stereocenters. The number of halogens is 3. The molecular formula is C20H15F3N4O4. The van der Waals surface area contributed by atoms with Gasteiger partial charge < -0.3 is 10.6 Å². The zero-order valence-electron chi connectivity index (χ0n) is 15.8. The van der Waals surface area contributed by atoms with E-state index < -0.39 is 28.4 Å². The summed E-state index contributed by atoms with van der Waals surface area (Å²) in [5, 5.41) is 16.2. The molecule has 0 saturated heterocycles. The molecule has 0 bridgehead atoms. The van der Waals surface area contributed by atoms with Gasteiger partial charge in [-0.05, 0) is 30.2 Å². The highest BCUT2D eigenvalue weighted by atomic mass is 19.4. The molecule has 0 aliphatic rings. The van der Waals surface area contributed by atoms with Crippen LogP contribution in [0.15, 0.2) is 54.7 Å². The Balaban J connectivity index is 1.66. The van der Waals surface area contributed by atoms with Crippen molar-refractivity contribution in [1.82, 2.24) is 4.98 Å². The third-order valence-corrected chi connectivity index (χ3v) is 4.28. The van der Waals surface area contributed by atoms with Gasteiger partial charge in [0.15, 0.2) is 0 Å². The smallest absolute Gasteiger partial charge is 0.325 e. The zero-order chi connectivity index (χ0) is 22.6. The average molecular weight is 432 g/mol. The predicted octanol–water partition coefficient (Wildman–Crippen LogP) is 4.22. The molecule has 0 saturated carbocycles. The first-order valence-corrected chi connectivity index (χ1v) is 8.93. The van der Waals surface area contributed by atoms with Crippen LogP contribution in [0.3, 0.4) is 0 Å². The van der Waals surface area contributed by atoms with Crippen LogP contribution in [0.1, 0.15) is 12.0 Å². The van der Waals surface area contributed by atoms with Crippen molar-refractivity contribution in [3.05, 3.63) is 70.4 Å². The van der Waals surface area contributed by atoms with Gasteiger partial charge in [0.1, 0.15) is 5.69 Å². The van der Waals surface area contributed by atoms with Crippen molar-refractivity contribution in [2.24, 2.45) is 0 Å². The Morgan fingerprint density at radius 3 is 2.52 bits per heavy atom. The van der Waals surface area contributed by atoms with Crippen molar-refractivity contribution in [2.45, 2.75) is 19.0 Å². The van der Waals surface area contributed by atoms with E-state index in [1.54, 1.807) is 6.07 Å². The van der Waals surface area contributed by atoms with Gasteiger partial charge in [0, 0.05) is 17.9 Å². The van der Waals surface area contributed by atoms with Crippen molar-refractivity contribution in [3.8, 4) is 0 Å². The molecule has 1 aromatic heterocycles. The van der Waals surface area contributed by atoms with Gasteiger partial charge in [0.2, 0.25) is 5.91 Å². The minimum absolute atomic E-state index is 0.0295. The number of rotatable bonds is 6. The first kappa shape index (κ1) is 21.7. The third-order valence-electron chi connectivity index (χ3n) is 4.28. The molecule has 2 N–H and O–H groups in total. The number of amides is 2. The highest BCUT2D eigenvalue weighted by Crippen LogP contribution is 2.28. The van der Waals surface area contributed by atoms with E-state index in [1.165, 1.54) is 17.6 Å². The highest BCUT2D eigenvalue weighted by Gasteiger charge is 2.39.